The SMILES string of the molecule is CCN1CCCC2(Cc3cc(-c4ccc(C#N)o4)cnc3O2)C1. The number of piperidine rings is 1. The molecule has 0 N–H and O–H groups in total. The molecule has 2 aromatic rings. The van der Waals surface area contributed by atoms with Crippen LogP contribution in [0.3, 0.4) is 0 Å². The van der Waals surface area contributed by atoms with Crippen molar-refractivity contribution in [3.63, 3.8) is 0 Å². The van der Waals surface area contributed by atoms with E-state index in [0.29, 0.717) is 11.5 Å². The molecule has 4 heterocycles. The van der Waals surface area contributed by atoms with E-state index in [9.17, 15) is 0 Å². The van der Waals surface area contributed by atoms with Crippen molar-refractivity contribution < 1.29 is 9.15 Å². The first-order valence-corrected chi connectivity index (χ1v) is 8.12. The van der Waals surface area contributed by atoms with E-state index >= 15 is 0 Å². The van der Waals surface area contributed by atoms with E-state index in [1.807, 2.05) is 12.1 Å². The molecule has 2 aliphatic rings. The van der Waals surface area contributed by atoms with Crippen LogP contribution < -0.4 is 4.74 Å². The standard InChI is InChI=1S/C18H19N3O2/c1-2-21-7-3-6-18(12-21)9-13-8-14(11-20-17(13)23-18)16-5-4-15(10-19)22-16/h4-5,8,11H,2-3,6-7,9,12H2,1H3. The van der Waals surface area contributed by atoms with Crippen molar-refractivity contribution in [2.75, 3.05) is 19.6 Å². The zero-order chi connectivity index (χ0) is 15.9. The molecule has 1 atom stereocenters. The summed E-state index contributed by atoms with van der Waals surface area (Å²) < 4.78 is 11.7. The summed E-state index contributed by atoms with van der Waals surface area (Å²) in [6.45, 7) is 5.37. The van der Waals surface area contributed by atoms with E-state index in [-0.39, 0.29) is 5.60 Å². The molecule has 2 aliphatic heterocycles. The lowest BCUT2D eigenvalue weighted by Crippen LogP contribution is -2.51. The van der Waals surface area contributed by atoms with E-state index in [2.05, 4.69) is 22.9 Å². The molecule has 0 amide bonds. The van der Waals surface area contributed by atoms with Crippen LogP contribution in [-0.4, -0.2) is 35.1 Å². The highest BCUT2D eigenvalue weighted by Crippen LogP contribution is 2.40. The van der Waals surface area contributed by atoms with Crippen LogP contribution in [0.1, 0.15) is 31.1 Å². The van der Waals surface area contributed by atoms with Gasteiger partial charge in [0.15, 0.2) is 0 Å². The van der Waals surface area contributed by atoms with Crippen molar-refractivity contribution in [2.24, 2.45) is 0 Å². The molecule has 23 heavy (non-hydrogen) atoms. The molecule has 118 valence electrons. The number of hydrogen-bond acceptors (Lipinski definition) is 5. The number of nitrogens with zero attached hydrogens (tertiary/aromatic N) is 3. The minimum Gasteiger partial charge on any atom is -0.469 e. The topological polar surface area (TPSA) is 62.3 Å². The molecule has 0 aliphatic carbocycles. The van der Waals surface area contributed by atoms with Crippen LogP contribution >= 0.6 is 0 Å². The summed E-state index contributed by atoms with van der Waals surface area (Å²) in [4.78, 5) is 6.93. The molecule has 5 heteroatoms. The molecule has 0 radical (unpaired) electrons. The second kappa shape index (κ2) is 5.39. The number of nitriles is 1. The van der Waals surface area contributed by atoms with Gasteiger partial charge in [0.05, 0.1) is 0 Å². The third-order valence-corrected chi connectivity index (χ3v) is 4.82. The largest absolute Gasteiger partial charge is 0.469 e. The van der Waals surface area contributed by atoms with Crippen molar-refractivity contribution in [1.29, 1.82) is 5.26 Å². The van der Waals surface area contributed by atoms with Gasteiger partial charge in [-0.3, -0.25) is 4.90 Å². The number of fused-ring (bicyclic) bond motifs is 1. The third kappa shape index (κ3) is 2.49. The smallest absolute Gasteiger partial charge is 0.217 e. The second-order valence-corrected chi connectivity index (χ2v) is 6.40. The van der Waals surface area contributed by atoms with Gasteiger partial charge >= 0.3 is 0 Å². The maximum Gasteiger partial charge on any atom is 0.217 e. The minimum atomic E-state index is -0.122. The van der Waals surface area contributed by atoms with Crippen molar-refractivity contribution >= 4 is 0 Å². The molecule has 0 aromatic carbocycles. The van der Waals surface area contributed by atoms with Crippen molar-refractivity contribution in [1.82, 2.24) is 9.88 Å². The number of hydrogen-bond donors (Lipinski definition) is 0. The normalized spacial score (nSPS) is 23.5. The predicted octanol–water partition coefficient (Wildman–Crippen LogP) is 3.00. The van der Waals surface area contributed by atoms with Gasteiger partial charge in [0.2, 0.25) is 11.6 Å². The number of furan rings is 1. The average Bonchev–Trinajstić information content (AvgIpc) is 3.18. The molecule has 2 aromatic heterocycles. The van der Waals surface area contributed by atoms with Crippen LogP contribution in [0, 0.1) is 11.3 Å². The second-order valence-electron chi connectivity index (χ2n) is 6.40. The van der Waals surface area contributed by atoms with Crippen molar-refractivity contribution in [2.45, 2.75) is 31.8 Å². The number of ether oxygens (including phenoxy) is 1. The van der Waals surface area contributed by atoms with E-state index in [1.54, 1.807) is 12.3 Å². The lowest BCUT2D eigenvalue weighted by atomic mass is 9.88. The Morgan fingerprint density at radius 3 is 3.13 bits per heavy atom. The maximum atomic E-state index is 8.88. The third-order valence-electron chi connectivity index (χ3n) is 4.82. The molecule has 1 fully saturated rings. The Morgan fingerprint density at radius 2 is 2.35 bits per heavy atom. The first-order valence-electron chi connectivity index (χ1n) is 8.12. The highest BCUT2D eigenvalue weighted by molar-refractivity contribution is 5.60. The maximum absolute atomic E-state index is 8.88. The molecule has 0 bridgehead atoms. The van der Waals surface area contributed by atoms with Crippen molar-refractivity contribution in [3.05, 3.63) is 35.7 Å². The Kier molecular flexibility index (Phi) is 3.35. The monoisotopic (exact) mass is 309 g/mol. The first-order chi connectivity index (χ1) is 11.2. The van der Waals surface area contributed by atoms with Gasteiger partial charge in [-0.15, -0.1) is 0 Å². The van der Waals surface area contributed by atoms with Gasteiger partial charge in [0, 0.05) is 30.3 Å². The summed E-state index contributed by atoms with van der Waals surface area (Å²) in [5.41, 5.74) is 1.91. The minimum absolute atomic E-state index is 0.122. The highest BCUT2D eigenvalue weighted by Gasteiger charge is 2.43. The Labute approximate surface area is 135 Å². The molecule has 1 unspecified atom stereocenters. The quantitative estimate of drug-likeness (QED) is 0.853. The highest BCUT2D eigenvalue weighted by atomic mass is 16.5. The van der Waals surface area contributed by atoms with Gasteiger partial charge < -0.3 is 9.15 Å². The molecule has 5 nitrogen and oxygen atoms in total. The van der Waals surface area contributed by atoms with Crippen LogP contribution in [-0.2, 0) is 6.42 Å². The number of likely N-dealkylation sites (N-methyl/N-ethyl adjacent to an activating group) is 1. The van der Waals surface area contributed by atoms with Crippen LogP contribution in [0.2, 0.25) is 0 Å². The fourth-order valence-electron chi connectivity index (χ4n) is 3.68. The molecule has 4 rings (SSSR count). The summed E-state index contributed by atoms with van der Waals surface area (Å²) in [6.07, 6.45) is 4.90. The van der Waals surface area contributed by atoms with Crippen LogP contribution in [0.15, 0.2) is 28.8 Å². The lowest BCUT2D eigenvalue weighted by Gasteiger charge is -2.38. The average molecular weight is 309 g/mol. The first kappa shape index (κ1) is 14.3. The Bertz CT molecular complexity index is 777. The number of likely N-dealkylation sites (tertiary alicyclic amines) is 1. The fourth-order valence-corrected chi connectivity index (χ4v) is 3.68. The predicted molar refractivity (Wildman–Crippen MR) is 85.1 cm³/mol. The van der Waals surface area contributed by atoms with E-state index in [0.717, 1.165) is 49.5 Å². The Morgan fingerprint density at radius 1 is 1.43 bits per heavy atom. The van der Waals surface area contributed by atoms with Crippen molar-refractivity contribution in [3.8, 4) is 23.3 Å². The van der Waals surface area contributed by atoms with Gasteiger partial charge in [-0.05, 0) is 44.1 Å². The molecular weight excluding hydrogens is 290 g/mol. The van der Waals surface area contributed by atoms with E-state index in [4.69, 9.17) is 14.4 Å². The Balaban J connectivity index is 1.61. The summed E-state index contributed by atoms with van der Waals surface area (Å²) in [7, 11) is 0. The van der Waals surface area contributed by atoms with Gasteiger partial charge in [-0.25, -0.2) is 4.98 Å². The van der Waals surface area contributed by atoms with Gasteiger partial charge in [0.25, 0.3) is 0 Å². The number of aromatic nitrogens is 1. The molecule has 1 spiro atoms. The summed E-state index contributed by atoms with van der Waals surface area (Å²) >= 11 is 0. The van der Waals surface area contributed by atoms with Gasteiger partial charge in [-0.2, -0.15) is 5.26 Å². The summed E-state index contributed by atoms with van der Waals surface area (Å²) in [6, 6.07) is 7.59. The summed E-state index contributed by atoms with van der Waals surface area (Å²) in [5, 5.41) is 8.88. The zero-order valence-corrected chi connectivity index (χ0v) is 13.2. The van der Waals surface area contributed by atoms with Crippen LogP contribution in [0.4, 0.5) is 0 Å². The van der Waals surface area contributed by atoms with Gasteiger partial charge in [0.1, 0.15) is 17.4 Å². The molecular formula is C18H19N3O2. The fraction of sp³-hybridized carbons (Fsp3) is 0.444. The Hall–Kier alpha value is -2.32. The van der Waals surface area contributed by atoms with Gasteiger partial charge in [-0.1, -0.05) is 6.92 Å². The number of rotatable bonds is 2. The number of pyridine rings is 1. The summed E-state index contributed by atoms with van der Waals surface area (Å²) in [5.74, 6) is 1.74. The van der Waals surface area contributed by atoms with E-state index < -0.39 is 0 Å². The lowest BCUT2D eigenvalue weighted by molar-refractivity contribution is 0.00781. The van der Waals surface area contributed by atoms with Crippen LogP contribution in [0.25, 0.3) is 11.3 Å². The van der Waals surface area contributed by atoms with E-state index in [1.165, 1.54) is 6.42 Å². The zero-order valence-electron chi connectivity index (χ0n) is 13.2. The molecule has 0 saturated carbocycles. The molecule has 1 saturated heterocycles. The van der Waals surface area contributed by atoms with Crippen LogP contribution in [0.5, 0.6) is 5.88 Å².